The molecule has 0 N–H and O–H groups in total. The van der Waals surface area contributed by atoms with Crippen LogP contribution < -0.4 is 0 Å². The van der Waals surface area contributed by atoms with Crippen LogP contribution in [0.5, 0.6) is 0 Å². The Hall–Kier alpha value is -2.24. The lowest BCUT2D eigenvalue weighted by molar-refractivity contribution is 0.103. The summed E-state index contributed by atoms with van der Waals surface area (Å²) in [5, 5.41) is 4.53. The molecule has 3 aromatic rings. The predicted molar refractivity (Wildman–Crippen MR) is 110 cm³/mol. The van der Waals surface area contributed by atoms with E-state index in [9.17, 15) is 9.00 Å². The van der Waals surface area contributed by atoms with E-state index in [4.69, 9.17) is 16.1 Å². The Morgan fingerprint density at radius 3 is 2.54 bits per heavy atom. The Morgan fingerprint density at radius 2 is 1.89 bits per heavy atom. The van der Waals surface area contributed by atoms with Gasteiger partial charge in [-0.3, -0.25) is 9.00 Å². The zero-order valence-corrected chi connectivity index (χ0v) is 17.3. The quantitative estimate of drug-likeness (QED) is 0.529. The molecule has 1 aromatic heterocycles. The van der Waals surface area contributed by atoms with Gasteiger partial charge in [0, 0.05) is 27.7 Å². The highest BCUT2D eigenvalue weighted by Gasteiger charge is 2.33. The number of carbonyl (C=O) groups excluding carboxylic acids is 1. The van der Waals surface area contributed by atoms with E-state index in [2.05, 4.69) is 5.16 Å². The Labute approximate surface area is 171 Å². The molecule has 1 unspecified atom stereocenters. The van der Waals surface area contributed by atoms with Crippen molar-refractivity contribution in [3.8, 4) is 0 Å². The molecule has 0 radical (unpaired) electrons. The summed E-state index contributed by atoms with van der Waals surface area (Å²) >= 11 is 6.00. The summed E-state index contributed by atoms with van der Waals surface area (Å²) in [6.45, 7) is 1.92. The van der Waals surface area contributed by atoms with Gasteiger partial charge in [0.2, 0.25) is 0 Å². The van der Waals surface area contributed by atoms with Gasteiger partial charge in [-0.15, -0.1) is 0 Å². The number of hydrogen-bond acceptors (Lipinski definition) is 4. The molecule has 4 rings (SSSR count). The van der Waals surface area contributed by atoms with E-state index in [0.717, 1.165) is 34.4 Å². The van der Waals surface area contributed by atoms with Gasteiger partial charge in [0.25, 0.3) is 0 Å². The number of rotatable bonds is 6. The van der Waals surface area contributed by atoms with Gasteiger partial charge in [-0.25, -0.2) is 0 Å². The van der Waals surface area contributed by atoms with Crippen molar-refractivity contribution in [2.75, 3.05) is 6.26 Å². The standard InChI is InChI=1S/C22H20ClNO3S/c1-13-18(11-14-3-7-16(23)8-4-14)17(9-10-20(13)28(2)26)21(25)19-12-24-27-22(19)15-5-6-15/h3-4,7-10,12,15H,5-6,11H2,1-2H3. The maximum Gasteiger partial charge on any atom is 0.198 e. The van der Waals surface area contributed by atoms with Gasteiger partial charge in [0.05, 0.1) is 22.6 Å². The van der Waals surface area contributed by atoms with Gasteiger partial charge in [-0.2, -0.15) is 0 Å². The summed E-state index contributed by atoms with van der Waals surface area (Å²) in [6, 6.07) is 11.1. The monoisotopic (exact) mass is 413 g/mol. The molecule has 1 saturated carbocycles. The zero-order valence-electron chi connectivity index (χ0n) is 15.7. The summed E-state index contributed by atoms with van der Waals surface area (Å²) in [4.78, 5) is 14.1. The summed E-state index contributed by atoms with van der Waals surface area (Å²) < 4.78 is 17.5. The van der Waals surface area contributed by atoms with E-state index in [1.807, 2.05) is 31.2 Å². The summed E-state index contributed by atoms with van der Waals surface area (Å²) in [7, 11) is -1.14. The van der Waals surface area contributed by atoms with Crippen molar-refractivity contribution in [1.82, 2.24) is 5.16 Å². The Morgan fingerprint density at radius 1 is 1.18 bits per heavy atom. The van der Waals surface area contributed by atoms with Gasteiger partial charge in [-0.1, -0.05) is 28.9 Å². The number of aromatic nitrogens is 1. The lowest BCUT2D eigenvalue weighted by atomic mass is 9.91. The van der Waals surface area contributed by atoms with Crippen LogP contribution in [0.25, 0.3) is 0 Å². The normalized spacial score (nSPS) is 14.8. The van der Waals surface area contributed by atoms with Crippen molar-refractivity contribution in [2.24, 2.45) is 0 Å². The van der Waals surface area contributed by atoms with Gasteiger partial charge < -0.3 is 4.52 Å². The summed E-state index contributed by atoms with van der Waals surface area (Å²) in [6.07, 6.45) is 5.78. The number of benzene rings is 2. The fourth-order valence-corrected chi connectivity index (χ4v) is 4.44. The molecule has 0 bridgehead atoms. The van der Waals surface area contributed by atoms with E-state index in [1.54, 1.807) is 18.4 Å². The van der Waals surface area contributed by atoms with Gasteiger partial charge in [-0.05, 0) is 67.1 Å². The lowest BCUT2D eigenvalue weighted by Gasteiger charge is -2.15. The van der Waals surface area contributed by atoms with E-state index in [1.165, 1.54) is 6.20 Å². The average Bonchev–Trinajstić information content (AvgIpc) is 3.40. The molecule has 6 heteroatoms. The van der Waals surface area contributed by atoms with Crippen molar-refractivity contribution >= 4 is 28.2 Å². The Bertz CT molecular complexity index is 1070. The fraction of sp³-hybridized carbons (Fsp3) is 0.273. The van der Waals surface area contributed by atoms with Crippen molar-refractivity contribution in [1.29, 1.82) is 0 Å². The van der Waals surface area contributed by atoms with E-state index in [0.29, 0.717) is 34.2 Å². The van der Waals surface area contributed by atoms with Crippen LogP contribution in [0.3, 0.4) is 0 Å². The highest BCUT2D eigenvalue weighted by Crippen LogP contribution is 2.42. The maximum atomic E-state index is 13.4. The molecule has 2 aromatic carbocycles. The van der Waals surface area contributed by atoms with Gasteiger partial charge in [0.1, 0.15) is 0 Å². The summed E-state index contributed by atoms with van der Waals surface area (Å²) in [5.41, 5.74) is 3.93. The number of carbonyl (C=O) groups is 1. The number of halogens is 1. The SMILES string of the molecule is Cc1c(S(C)=O)ccc(C(=O)c2cnoc2C2CC2)c1Cc1ccc(Cl)cc1. The van der Waals surface area contributed by atoms with Crippen molar-refractivity contribution < 1.29 is 13.5 Å². The molecule has 4 nitrogen and oxygen atoms in total. The zero-order chi connectivity index (χ0) is 19.8. The molecule has 1 atom stereocenters. The van der Waals surface area contributed by atoms with Crippen LogP contribution in [-0.4, -0.2) is 21.4 Å². The predicted octanol–water partition coefficient (Wildman–Crippen LogP) is 5.07. The number of nitrogens with zero attached hydrogens (tertiary/aromatic N) is 1. The largest absolute Gasteiger partial charge is 0.360 e. The molecule has 0 amide bonds. The third kappa shape index (κ3) is 3.69. The molecule has 1 aliphatic carbocycles. The average molecular weight is 414 g/mol. The molecule has 1 heterocycles. The van der Waals surface area contributed by atoms with E-state index >= 15 is 0 Å². The molecular formula is C22H20ClNO3S. The molecule has 0 aliphatic heterocycles. The van der Waals surface area contributed by atoms with E-state index in [-0.39, 0.29) is 5.78 Å². The van der Waals surface area contributed by atoms with Crippen LogP contribution in [0.4, 0.5) is 0 Å². The fourth-order valence-electron chi connectivity index (χ4n) is 3.50. The van der Waals surface area contributed by atoms with Crippen molar-refractivity contribution in [3.05, 3.63) is 81.2 Å². The molecular weight excluding hydrogens is 394 g/mol. The van der Waals surface area contributed by atoms with Gasteiger partial charge in [0.15, 0.2) is 11.5 Å². The third-order valence-electron chi connectivity index (χ3n) is 5.19. The minimum Gasteiger partial charge on any atom is -0.360 e. The van der Waals surface area contributed by atoms with Crippen LogP contribution in [0.15, 0.2) is 52.0 Å². The molecule has 144 valence electrons. The van der Waals surface area contributed by atoms with Crippen molar-refractivity contribution in [3.63, 3.8) is 0 Å². The van der Waals surface area contributed by atoms with Crippen LogP contribution >= 0.6 is 11.6 Å². The second-order valence-electron chi connectivity index (χ2n) is 7.18. The lowest BCUT2D eigenvalue weighted by Crippen LogP contribution is -2.10. The van der Waals surface area contributed by atoms with E-state index < -0.39 is 10.8 Å². The second-order valence-corrected chi connectivity index (χ2v) is 8.96. The first-order valence-corrected chi connectivity index (χ1v) is 11.1. The van der Waals surface area contributed by atoms with Crippen LogP contribution in [0.1, 0.15) is 57.1 Å². The highest BCUT2D eigenvalue weighted by molar-refractivity contribution is 7.84. The van der Waals surface area contributed by atoms with Gasteiger partial charge >= 0.3 is 0 Å². The minimum absolute atomic E-state index is 0.0938. The molecule has 0 saturated heterocycles. The third-order valence-corrected chi connectivity index (χ3v) is 6.50. The van der Waals surface area contributed by atoms with Crippen LogP contribution in [-0.2, 0) is 17.2 Å². The Balaban J connectivity index is 1.80. The highest BCUT2D eigenvalue weighted by atomic mass is 35.5. The smallest absolute Gasteiger partial charge is 0.198 e. The molecule has 1 fully saturated rings. The number of ketones is 1. The minimum atomic E-state index is -1.14. The topological polar surface area (TPSA) is 60.2 Å². The van der Waals surface area contributed by atoms with Crippen molar-refractivity contribution in [2.45, 2.75) is 37.0 Å². The number of hydrogen-bond donors (Lipinski definition) is 0. The van der Waals surface area contributed by atoms with Crippen LogP contribution in [0.2, 0.25) is 5.02 Å². The van der Waals surface area contributed by atoms with Crippen LogP contribution in [0, 0.1) is 6.92 Å². The first-order valence-electron chi connectivity index (χ1n) is 9.15. The second kappa shape index (κ2) is 7.64. The first-order chi connectivity index (χ1) is 13.5. The first kappa shape index (κ1) is 19.1. The Kier molecular flexibility index (Phi) is 5.21. The molecule has 0 spiro atoms. The molecule has 28 heavy (non-hydrogen) atoms. The molecule has 1 aliphatic rings. The summed E-state index contributed by atoms with van der Waals surface area (Å²) in [5.74, 6) is 0.886. The maximum absolute atomic E-state index is 13.4.